The van der Waals surface area contributed by atoms with Crippen molar-refractivity contribution in [1.82, 2.24) is 0 Å². The Bertz CT molecular complexity index is 1720. The van der Waals surface area contributed by atoms with Crippen molar-refractivity contribution in [2.45, 2.75) is 61.3 Å². The van der Waals surface area contributed by atoms with Gasteiger partial charge < -0.3 is 27.6 Å². The van der Waals surface area contributed by atoms with E-state index in [9.17, 15) is 22.8 Å². The average Bonchev–Trinajstić information content (AvgIpc) is 3.00. The van der Waals surface area contributed by atoms with Crippen LogP contribution in [0, 0.1) is 5.41 Å². The van der Waals surface area contributed by atoms with E-state index in [0.717, 1.165) is 31.1 Å². The zero-order valence-corrected chi connectivity index (χ0v) is 28.5. The summed E-state index contributed by atoms with van der Waals surface area (Å²) in [7, 11) is -3.82. The largest absolute Gasteiger partial charge is 1.00 e. The highest BCUT2D eigenvalue weighted by Crippen LogP contribution is 2.28. The smallest absolute Gasteiger partial charge is 0.256 e. The van der Waals surface area contributed by atoms with Crippen LogP contribution in [0.5, 0.6) is 0 Å². The fourth-order valence-corrected chi connectivity index (χ4v) is 6.32. The second-order valence-corrected chi connectivity index (χ2v) is 14.3. The Balaban J connectivity index is 0.00000552. The van der Waals surface area contributed by atoms with Gasteiger partial charge in [0.1, 0.15) is 6.54 Å². The Morgan fingerprint density at radius 1 is 0.733 bits per heavy atom. The van der Waals surface area contributed by atoms with Crippen molar-refractivity contribution < 1.29 is 44.3 Å². The number of thioether (sulfide) groups is 1. The molecule has 3 aromatic carbocycles. The van der Waals surface area contributed by atoms with Gasteiger partial charge in [0.2, 0.25) is 15.7 Å². The number of amides is 2. The van der Waals surface area contributed by atoms with Gasteiger partial charge in [-0.1, -0.05) is 50.7 Å². The Morgan fingerprint density at radius 2 is 1.29 bits per heavy atom. The third-order valence-corrected chi connectivity index (χ3v) is 9.50. The van der Waals surface area contributed by atoms with Crippen molar-refractivity contribution in [1.29, 1.82) is 0 Å². The molecule has 0 unspecified atom stereocenters. The summed E-state index contributed by atoms with van der Waals surface area (Å²) in [5, 5.41) is 5.56. The van der Waals surface area contributed by atoms with Crippen molar-refractivity contribution in [2.75, 3.05) is 10.6 Å². The molecule has 4 rings (SSSR count). The van der Waals surface area contributed by atoms with Gasteiger partial charge in [-0.25, -0.2) is 13.0 Å². The maximum atomic E-state index is 13.2. The highest BCUT2D eigenvalue weighted by Gasteiger charge is 2.22. The van der Waals surface area contributed by atoms with E-state index in [2.05, 4.69) is 15.2 Å². The lowest BCUT2D eigenvalue weighted by molar-refractivity contribution is -0.697. The summed E-state index contributed by atoms with van der Waals surface area (Å²) in [6.45, 7) is 6.21. The first kappa shape index (κ1) is 35.7. The molecule has 236 valence electrons. The lowest BCUT2D eigenvalue weighted by Crippen LogP contribution is -3.00. The van der Waals surface area contributed by atoms with Gasteiger partial charge in [0.15, 0.2) is 17.5 Å². The summed E-state index contributed by atoms with van der Waals surface area (Å²) in [5.74, 6) is -0.572. The number of hydrogen-bond donors (Lipinski definition) is 2. The molecule has 11 heteroatoms. The number of aromatic nitrogens is 1. The molecule has 2 amide bonds. The molecule has 0 radical (unpaired) electrons. The van der Waals surface area contributed by atoms with Gasteiger partial charge in [-0.3, -0.25) is 14.4 Å². The number of carbonyl (C=O) groups excluding carboxylic acids is 3. The normalized spacial score (nSPS) is 11.3. The van der Waals surface area contributed by atoms with Crippen LogP contribution in [0.1, 0.15) is 50.4 Å². The first-order chi connectivity index (χ1) is 20.9. The first-order valence-corrected chi connectivity index (χ1v) is 16.6. The van der Waals surface area contributed by atoms with Crippen LogP contribution in [-0.4, -0.2) is 25.3 Å². The number of nitrogens with zero attached hydrogens (tertiary/aromatic N) is 1. The van der Waals surface area contributed by atoms with Crippen LogP contribution >= 0.6 is 11.8 Å². The SMILES string of the molecule is CC(C)(C)C(=O)Nc1ccc(S(=O)(=O)c2ccc(NC(=O)c3ccccc3SC(=O)CCCC[n+]3ccccc3)cc2)cc1.[Br-]. The van der Waals surface area contributed by atoms with Crippen LogP contribution in [0.2, 0.25) is 0 Å². The van der Waals surface area contributed by atoms with Crippen molar-refractivity contribution in [3.8, 4) is 0 Å². The summed E-state index contributed by atoms with van der Waals surface area (Å²) in [4.78, 5) is 38.7. The summed E-state index contributed by atoms with van der Waals surface area (Å²) in [5.41, 5.74) is 0.700. The summed E-state index contributed by atoms with van der Waals surface area (Å²) < 4.78 is 28.4. The van der Waals surface area contributed by atoms with Crippen LogP contribution in [0.15, 0.2) is 118 Å². The van der Waals surface area contributed by atoms with E-state index in [1.54, 1.807) is 57.2 Å². The van der Waals surface area contributed by atoms with Crippen LogP contribution in [-0.2, 0) is 26.0 Å². The summed E-state index contributed by atoms with van der Waals surface area (Å²) >= 11 is 1.05. The second-order valence-electron chi connectivity index (χ2n) is 11.3. The molecule has 1 aromatic heterocycles. The van der Waals surface area contributed by atoms with E-state index >= 15 is 0 Å². The number of carbonyl (C=O) groups is 3. The van der Waals surface area contributed by atoms with Crippen LogP contribution < -0.4 is 32.2 Å². The van der Waals surface area contributed by atoms with E-state index in [1.165, 1.54) is 36.4 Å². The number of benzene rings is 3. The van der Waals surface area contributed by atoms with Crippen molar-refractivity contribution in [3.63, 3.8) is 0 Å². The maximum Gasteiger partial charge on any atom is 0.256 e. The molecule has 0 saturated carbocycles. The van der Waals surface area contributed by atoms with E-state index in [0.29, 0.717) is 28.3 Å². The molecule has 8 nitrogen and oxygen atoms in total. The molecule has 0 aliphatic rings. The maximum absolute atomic E-state index is 13.2. The monoisotopic (exact) mass is 709 g/mol. The predicted molar refractivity (Wildman–Crippen MR) is 172 cm³/mol. The number of hydrogen-bond acceptors (Lipinski definition) is 6. The fraction of sp³-hybridized carbons (Fsp3) is 0.235. The predicted octanol–water partition coefficient (Wildman–Crippen LogP) is 3.54. The quantitative estimate of drug-likeness (QED) is 0.140. The zero-order chi connectivity index (χ0) is 31.7. The topological polar surface area (TPSA) is 113 Å². The molecule has 0 saturated heterocycles. The molecular formula is C34H36BrN3O5S2. The lowest BCUT2D eigenvalue weighted by Gasteiger charge is -2.17. The van der Waals surface area contributed by atoms with Crippen LogP contribution in [0.4, 0.5) is 11.4 Å². The highest BCUT2D eigenvalue weighted by atomic mass is 79.9. The van der Waals surface area contributed by atoms with E-state index in [4.69, 9.17) is 0 Å². The van der Waals surface area contributed by atoms with Gasteiger partial charge >= 0.3 is 0 Å². The minimum absolute atomic E-state index is 0. The average molecular weight is 711 g/mol. The molecule has 45 heavy (non-hydrogen) atoms. The number of pyridine rings is 1. The second kappa shape index (κ2) is 16.0. The Hall–Kier alpha value is -3.80. The fourth-order valence-electron chi connectivity index (χ4n) is 4.15. The molecule has 4 aromatic rings. The zero-order valence-electron chi connectivity index (χ0n) is 25.3. The molecule has 0 fully saturated rings. The van der Waals surface area contributed by atoms with Gasteiger partial charge in [0, 0.05) is 46.7 Å². The third-order valence-electron chi connectivity index (χ3n) is 6.71. The Morgan fingerprint density at radius 3 is 1.87 bits per heavy atom. The minimum atomic E-state index is -3.82. The first-order valence-electron chi connectivity index (χ1n) is 14.3. The number of aryl methyl sites for hydroxylation is 1. The molecule has 0 aliphatic carbocycles. The molecular weight excluding hydrogens is 674 g/mol. The Labute approximate surface area is 279 Å². The van der Waals surface area contributed by atoms with Gasteiger partial charge in [-0.05, 0) is 67.1 Å². The minimum Gasteiger partial charge on any atom is -1.00 e. The van der Waals surface area contributed by atoms with Crippen LogP contribution in [0.3, 0.4) is 0 Å². The molecule has 2 N–H and O–H groups in total. The standard InChI is InChI=1S/C34H35N3O5S2.BrH/c1-34(2,3)33(40)36-26-16-20-28(21-17-26)44(41,42)27-18-14-25(15-19-27)35-32(39)29-11-5-6-12-30(29)43-31(38)13-7-10-24-37-22-8-4-9-23-37;/h4-6,8-9,11-12,14-23H,7,10,13,24H2,1-3H3,(H-,35,36,39,40);1H. The molecule has 0 aliphatic heterocycles. The summed E-state index contributed by atoms with van der Waals surface area (Å²) in [6, 6.07) is 24.7. The highest BCUT2D eigenvalue weighted by molar-refractivity contribution is 8.13. The van der Waals surface area contributed by atoms with Crippen molar-refractivity contribution in [3.05, 3.63) is 109 Å². The Kier molecular flexibility index (Phi) is 12.7. The number of unbranched alkanes of at least 4 members (excludes halogenated alkanes) is 1. The van der Waals surface area contributed by atoms with Crippen LogP contribution in [0.25, 0.3) is 0 Å². The number of nitrogens with one attached hydrogen (secondary N) is 2. The number of sulfone groups is 1. The van der Waals surface area contributed by atoms with Gasteiger partial charge in [-0.15, -0.1) is 0 Å². The number of halogens is 1. The third kappa shape index (κ3) is 10.1. The van der Waals surface area contributed by atoms with E-state index < -0.39 is 21.2 Å². The van der Waals surface area contributed by atoms with E-state index in [-0.39, 0.29) is 37.8 Å². The number of rotatable bonds is 11. The molecule has 0 bridgehead atoms. The van der Waals surface area contributed by atoms with Gasteiger partial charge in [0.25, 0.3) is 5.91 Å². The number of anilines is 2. The van der Waals surface area contributed by atoms with Gasteiger partial charge in [0.05, 0.1) is 15.4 Å². The lowest BCUT2D eigenvalue weighted by atomic mass is 9.95. The molecule has 0 atom stereocenters. The van der Waals surface area contributed by atoms with E-state index in [1.807, 2.05) is 30.6 Å². The molecule has 1 heterocycles. The summed E-state index contributed by atoms with van der Waals surface area (Å²) in [6.07, 6.45) is 6.01. The van der Waals surface area contributed by atoms with Crippen molar-refractivity contribution >= 4 is 49.9 Å². The molecule has 0 spiro atoms. The van der Waals surface area contributed by atoms with Gasteiger partial charge in [-0.2, -0.15) is 0 Å². The van der Waals surface area contributed by atoms with Crippen molar-refractivity contribution in [2.24, 2.45) is 5.41 Å².